The first-order valence-corrected chi connectivity index (χ1v) is 6.10. The van der Waals surface area contributed by atoms with E-state index in [-0.39, 0.29) is 11.7 Å². The van der Waals surface area contributed by atoms with E-state index in [2.05, 4.69) is 10.1 Å². The number of benzene rings is 1. The Morgan fingerprint density at radius 2 is 2.00 bits per heavy atom. The maximum Gasteiger partial charge on any atom is 0.387 e. The Bertz CT molecular complexity index is 396. The summed E-state index contributed by atoms with van der Waals surface area (Å²) in [7, 11) is 0. The van der Waals surface area contributed by atoms with Crippen LogP contribution in [0.3, 0.4) is 0 Å². The molecule has 0 aliphatic carbocycles. The van der Waals surface area contributed by atoms with Crippen LogP contribution in [-0.4, -0.2) is 25.1 Å². The van der Waals surface area contributed by atoms with Gasteiger partial charge in [0.15, 0.2) is 0 Å². The molecule has 106 valence electrons. The fourth-order valence-electron chi connectivity index (χ4n) is 1.48. The number of nitrogens with one attached hydrogen (secondary N) is 1. The first-order valence-electron chi connectivity index (χ1n) is 6.10. The number of amides is 1. The third-order valence-corrected chi connectivity index (χ3v) is 2.64. The van der Waals surface area contributed by atoms with E-state index in [1.165, 1.54) is 12.1 Å². The van der Waals surface area contributed by atoms with Crippen molar-refractivity contribution in [2.45, 2.75) is 32.4 Å². The summed E-state index contributed by atoms with van der Waals surface area (Å²) in [5, 5.41) is 2.71. The second-order valence-electron chi connectivity index (χ2n) is 4.08. The van der Waals surface area contributed by atoms with Crippen molar-refractivity contribution in [3.05, 3.63) is 29.8 Å². The summed E-state index contributed by atoms with van der Waals surface area (Å²) in [4.78, 5) is 11.4. The topological polar surface area (TPSA) is 64.4 Å². The maximum absolute atomic E-state index is 11.9. The largest absolute Gasteiger partial charge is 0.435 e. The minimum atomic E-state index is -2.82. The number of carbonyl (C=O) groups is 1. The lowest BCUT2D eigenvalue weighted by Crippen LogP contribution is -2.40. The molecule has 0 saturated carbocycles. The van der Waals surface area contributed by atoms with Crippen molar-refractivity contribution in [1.82, 2.24) is 5.32 Å². The second-order valence-corrected chi connectivity index (χ2v) is 4.08. The molecular weight excluding hydrogens is 254 g/mol. The summed E-state index contributed by atoms with van der Waals surface area (Å²) in [5.74, 6) is -0.0593. The molecule has 0 heterocycles. The molecule has 0 unspecified atom stereocenters. The molecule has 19 heavy (non-hydrogen) atoms. The molecule has 1 rings (SSSR count). The molecule has 0 spiro atoms. The van der Waals surface area contributed by atoms with Crippen LogP contribution >= 0.6 is 0 Å². The maximum atomic E-state index is 11.9. The smallest absolute Gasteiger partial charge is 0.387 e. The number of nitrogens with two attached hydrogens (primary N) is 1. The Kier molecular flexibility index (Phi) is 6.21. The highest BCUT2D eigenvalue weighted by molar-refractivity contribution is 5.81. The number of hydrogen-bond acceptors (Lipinski definition) is 3. The SMILES string of the molecule is CC[C@@H](N)C(=O)NCCc1ccc(OC(F)F)cc1. The number of halogens is 2. The van der Waals surface area contributed by atoms with Crippen LogP contribution in [0.5, 0.6) is 5.75 Å². The third kappa shape index (κ3) is 5.65. The standard InChI is InChI=1S/C13H18F2N2O2/c1-2-11(16)12(18)17-8-7-9-3-5-10(6-4-9)19-13(14)15/h3-6,11,13H,2,7-8,16H2,1H3,(H,17,18)/t11-/m1/s1. The van der Waals surface area contributed by atoms with Gasteiger partial charge in [0.05, 0.1) is 6.04 Å². The van der Waals surface area contributed by atoms with Gasteiger partial charge in [-0.25, -0.2) is 0 Å². The average molecular weight is 272 g/mol. The molecular formula is C13H18F2N2O2. The number of hydrogen-bond donors (Lipinski definition) is 2. The predicted molar refractivity (Wildman–Crippen MR) is 68.1 cm³/mol. The van der Waals surface area contributed by atoms with Gasteiger partial charge in [0.25, 0.3) is 0 Å². The van der Waals surface area contributed by atoms with Gasteiger partial charge in [-0.3, -0.25) is 4.79 Å². The highest BCUT2D eigenvalue weighted by Crippen LogP contribution is 2.14. The van der Waals surface area contributed by atoms with E-state index in [1.54, 1.807) is 12.1 Å². The summed E-state index contributed by atoms with van der Waals surface area (Å²) in [6.07, 6.45) is 1.20. The van der Waals surface area contributed by atoms with E-state index in [0.717, 1.165) is 5.56 Å². The van der Waals surface area contributed by atoms with Crippen molar-refractivity contribution in [3.8, 4) is 5.75 Å². The highest BCUT2D eigenvalue weighted by Gasteiger charge is 2.09. The fourth-order valence-corrected chi connectivity index (χ4v) is 1.48. The average Bonchev–Trinajstić information content (AvgIpc) is 2.39. The Balaban J connectivity index is 2.36. The quantitative estimate of drug-likeness (QED) is 0.793. The van der Waals surface area contributed by atoms with Gasteiger partial charge in [0.1, 0.15) is 5.75 Å². The summed E-state index contributed by atoms with van der Waals surface area (Å²) in [5.41, 5.74) is 6.49. The molecule has 0 fully saturated rings. The molecule has 0 aliphatic heterocycles. The van der Waals surface area contributed by atoms with E-state index in [9.17, 15) is 13.6 Å². The molecule has 0 aliphatic rings. The van der Waals surface area contributed by atoms with Gasteiger partial charge in [0, 0.05) is 6.54 Å². The van der Waals surface area contributed by atoms with Crippen molar-refractivity contribution in [3.63, 3.8) is 0 Å². The van der Waals surface area contributed by atoms with E-state index >= 15 is 0 Å². The van der Waals surface area contributed by atoms with Crippen LogP contribution in [0.15, 0.2) is 24.3 Å². The molecule has 1 atom stereocenters. The molecule has 1 aromatic rings. The van der Waals surface area contributed by atoms with Crippen LogP contribution < -0.4 is 15.8 Å². The van der Waals surface area contributed by atoms with Crippen LogP contribution in [-0.2, 0) is 11.2 Å². The van der Waals surface area contributed by atoms with Crippen LogP contribution in [0.4, 0.5) is 8.78 Å². The molecule has 6 heteroatoms. The molecule has 0 aromatic heterocycles. The van der Waals surface area contributed by atoms with Gasteiger partial charge in [-0.1, -0.05) is 19.1 Å². The molecule has 1 amide bonds. The first-order chi connectivity index (χ1) is 9.02. The Hall–Kier alpha value is -1.69. The van der Waals surface area contributed by atoms with E-state index in [0.29, 0.717) is 19.4 Å². The van der Waals surface area contributed by atoms with Gasteiger partial charge in [0.2, 0.25) is 5.91 Å². The minimum Gasteiger partial charge on any atom is -0.435 e. The monoisotopic (exact) mass is 272 g/mol. The minimum absolute atomic E-state index is 0.121. The van der Waals surface area contributed by atoms with Crippen molar-refractivity contribution >= 4 is 5.91 Å². The molecule has 1 aromatic carbocycles. The number of rotatable bonds is 7. The lowest BCUT2D eigenvalue weighted by Gasteiger charge is -2.10. The zero-order chi connectivity index (χ0) is 14.3. The van der Waals surface area contributed by atoms with E-state index in [1.807, 2.05) is 6.92 Å². The highest BCUT2D eigenvalue weighted by atomic mass is 19.3. The third-order valence-electron chi connectivity index (χ3n) is 2.64. The van der Waals surface area contributed by atoms with Crippen molar-refractivity contribution in [2.75, 3.05) is 6.54 Å². The van der Waals surface area contributed by atoms with Gasteiger partial charge in [-0.15, -0.1) is 0 Å². The Morgan fingerprint density at radius 1 is 1.37 bits per heavy atom. The predicted octanol–water partition coefficient (Wildman–Crippen LogP) is 1.68. The molecule has 0 saturated heterocycles. The summed E-state index contributed by atoms with van der Waals surface area (Å²) < 4.78 is 28.1. The van der Waals surface area contributed by atoms with Gasteiger partial charge in [-0.05, 0) is 30.5 Å². The fraction of sp³-hybridized carbons (Fsp3) is 0.462. The lowest BCUT2D eigenvalue weighted by atomic mass is 10.1. The zero-order valence-electron chi connectivity index (χ0n) is 10.7. The van der Waals surface area contributed by atoms with Crippen molar-refractivity contribution in [1.29, 1.82) is 0 Å². The van der Waals surface area contributed by atoms with Crippen LogP contribution in [0.25, 0.3) is 0 Å². The van der Waals surface area contributed by atoms with Crippen LogP contribution in [0, 0.1) is 0 Å². The number of carbonyl (C=O) groups excluding carboxylic acids is 1. The molecule has 4 nitrogen and oxygen atoms in total. The number of ether oxygens (including phenoxy) is 1. The van der Waals surface area contributed by atoms with Crippen LogP contribution in [0.1, 0.15) is 18.9 Å². The lowest BCUT2D eigenvalue weighted by molar-refractivity contribution is -0.122. The summed E-state index contributed by atoms with van der Waals surface area (Å²) in [6.45, 7) is -0.520. The Morgan fingerprint density at radius 3 is 2.53 bits per heavy atom. The van der Waals surface area contributed by atoms with Crippen molar-refractivity contribution in [2.24, 2.45) is 5.73 Å². The number of alkyl halides is 2. The molecule has 0 radical (unpaired) electrons. The first kappa shape index (κ1) is 15.4. The van der Waals surface area contributed by atoms with E-state index < -0.39 is 12.7 Å². The van der Waals surface area contributed by atoms with E-state index in [4.69, 9.17) is 5.73 Å². The summed E-state index contributed by atoms with van der Waals surface area (Å²) >= 11 is 0. The normalized spacial score (nSPS) is 12.3. The van der Waals surface area contributed by atoms with Crippen molar-refractivity contribution < 1.29 is 18.3 Å². The molecule has 0 bridgehead atoms. The van der Waals surface area contributed by atoms with Gasteiger partial charge >= 0.3 is 6.61 Å². The molecule has 3 N–H and O–H groups in total. The zero-order valence-corrected chi connectivity index (χ0v) is 10.7. The van der Waals surface area contributed by atoms with Gasteiger partial charge < -0.3 is 15.8 Å². The summed E-state index contributed by atoms with van der Waals surface area (Å²) in [6, 6.07) is 5.83. The second kappa shape index (κ2) is 7.68. The Labute approximate surface area is 110 Å². The van der Waals surface area contributed by atoms with Crippen LogP contribution in [0.2, 0.25) is 0 Å². The van der Waals surface area contributed by atoms with Gasteiger partial charge in [-0.2, -0.15) is 8.78 Å².